The molecule has 0 saturated heterocycles. The quantitative estimate of drug-likeness (QED) is 0.160. The van der Waals surface area contributed by atoms with Gasteiger partial charge in [0.1, 0.15) is 0 Å². The summed E-state index contributed by atoms with van der Waals surface area (Å²) in [7, 11) is 0. The molecule has 5 aliphatic heterocycles. The van der Waals surface area contributed by atoms with Crippen molar-refractivity contribution in [3.8, 4) is 0 Å². The van der Waals surface area contributed by atoms with E-state index in [2.05, 4.69) is 279 Å². The Morgan fingerprint density at radius 2 is 0.570 bits per heavy atom. The Labute approximate surface area is 480 Å². The van der Waals surface area contributed by atoms with Crippen LogP contribution in [-0.4, -0.2) is 27.9 Å². The van der Waals surface area contributed by atoms with Crippen molar-refractivity contribution in [1.82, 2.24) is 0 Å². The molecule has 6 heterocycles. The molecule has 0 spiro atoms. The summed E-state index contributed by atoms with van der Waals surface area (Å²) in [6, 6.07) is 49.2. The van der Waals surface area contributed by atoms with Crippen molar-refractivity contribution >= 4 is 129 Å². The third kappa shape index (κ3) is 7.74. The van der Waals surface area contributed by atoms with Crippen LogP contribution in [0.3, 0.4) is 0 Å². The fraction of sp³-hybridized carbons (Fsp3) is 0.361. The normalized spacial score (nSPS) is 15.2. The van der Waals surface area contributed by atoms with Crippen molar-refractivity contribution in [2.75, 3.05) is 19.6 Å². The van der Waals surface area contributed by atoms with E-state index in [4.69, 9.17) is 0 Å². The number of aryl methyl sites for hydroxylation is 2. The Hall–Kier alpha value is -6.13. The van der Waals surface area contributed by atoms with Crippen molar-refractivity contribution in [3.05, 3.63) is 164 Å². The predicted octanol–water partition coefficient (Wildman–Crippen LogP) is 15.6. The minimum atomic E-state index is -0.125. The Kier molecular flexibility index (Phi) is 11.1. The predicted molar refractivity (Wildman–Crippen MR) is 347 cm³/mol. The van der Waals surface area contributed by atoms with Gasteiger partial charge in [0.05, 0.1) is 0 Å². The Morgan fingerprint density at radius 3 is 0.873 bits per heavy atom. The second kappa shape index (κ2) is 16.7. The van der Waals surface area contributed by atoms with Gasteiger partial charge in [-0.3, -0.25) is 0 Å². The van der Waals surface area contributed by atoms with Crippen LogP contribution in [0.1, 0.15) is 167 Å². The maximum absolute atomic E-state index is 2.81. The summed E-state index contributed by atoms with van der Waals surface area (Å²) in [5.74, 6) is 0. The monoisotopic (exact) mass is 1100 g/mol. The van der Waals surface area contributed by atoms with Gasteiger partial charge in [0.2, 0.25) is 0 Å². The third-order valence-corrected chi connectivity index (χ3v) is 20.4. The van der Waals surface area contributed by atoms with Crippen molar-refractivity contribution in [2.24, 2.45) is 0 Å². The van der Waals surface area contributed by atoms with Crippen molar-refractivity contribution in [1.29, 1.82) is 0 Å². The molecule has 13 rings (SSSR count). The number of fused-ring (bicyclic) bond motifs is 11. The number of hydrogen-bond donors (Lipinski definition) is 0. The third-order valence-electron chi connectivity index (χ3n) is 18.3. The minimum absolute atomic E-state index is 0.0105. The molecular weight excluding hydrogens is 1020 g/mol. The molecule has 0 fully saturated rings. The van der Waals surface area contributed by atoms with E-state index in [9.17, 15) is 0 Å². The summed E-state index contributed by atoms with van der Waals surface area (Å²) < 4.78 is 2.97. The van der Waals surface area contributed by atoms with Crippen LogP contribution in [0.2, 0.25) is 0 Å². The van der Waals surface area contributed by atoms with Gasteiger partial charge in [-0.15, -0.1) is 0 Å². The second-order valence-corrected chi connectivity index (χ2v) is 33.1. The zero-order chi connectivity index (χ0) is 56.3. The Bertz CT molecular complexity index is 3610. The van der Waals surface area contributed by atoms with Crippen LogP contribution >= 0.6 is 0 Å². The van der Waals surface area contributed by atoms with Crippen LogP contribution in [0.5, 0.6) is 0 Å². The molecule has 7 aromatic carbocycles. The van der Waals surface area contributed by atoms with Crippen LogP contribution in [0.25, 0.3) is 0 Å². The van der Waals surface area contributed by atoms with E-state index in [0.29, 0.717) is 0 Å². The summed E-state index contributed by atoms with van der Waals surface area (Å²) in [5.41, 5.74) is 31.7. The van der Waals surface area contributed by atoms with E-state index in [1.807, 2.05) is 0 Å². The first-order valence-corrected chi connectivity index (χ1v) is 30.9. The van der Waals surface area contributed by atoms with Crippen molar-refractivity contribution in [2.45, 2.75) is 171 Å². The van der Waals surface area contributed by atoms with Gasteiger partial charge in [-0.25, -0.2) is 0 Å². The Balaban J connectivity index is 1.14. The van der Waals surface area contributed by atoms with Gasteiger partial charge in [0.25, 0.3) is 0 Å². The topological polar surface area (TPSA) is 13.0 Å². The van der Waals surface area contributed by atoms with Gasteiger partial charge in [-0.1, -0.05) is 0 Å². The van der Waals surface area contributed by atoms with Gasteiger partial charge >= 0.3 is 483 Å². The SMILES string of the molecule is Cc1[se]c(C)c2c1N1c3cc(C(C)(C)C)cc4c3B(c3ccccc3N4c3cc(C(C)(C)C)cc(C(C)(C)C)c3)c3ccc4c(c31)N2c1cc(C(C)(C)C)cc2c1B4c1ccccc1N2c1cc(C(C)(C)C)cc(C(C)(C)C)c1. The molecule has 0 aliphatic carbocycles. The van der Waals surface area contributed by atoms with Crippen LogP contribution in [-0.2, 0) is 32.5 Å². The van der Waals surface area contributed by atoms with Gasteiger partial charge < -0.3 is 0 Å². The molecule has 8 aromatic rings. The fourth-order valence-corrected chi connectivity index (χ4v) is 15.9. The first kappa shape index (κ1) is 52.3. The average molecular weight is 1100 g/mol. The van der Waals surface area contributed by atoms with Gasteiger partial charge in [-0.05, 0) is 0 Å². The van der Waals surface area contributed by atoms with Crippen LogP contribution in [0.15, 0.2) is 121 Å². The summed E-state index contributed by atoms with van der Waals surface area (Å²) in [6.07, 6.45) is 0. The maximum atomic E-state index is 2.81. The second-order valence-electron chi connectivity index (χ2n) is 30.1. The first-order chi connectivity index (χ1) is 36.8. The summed E-state index contributed by atoms with van der Waals surface area (Å²) in [6.45, 7) is 47.7. The molecule has 4 nitrogen and oxygen atoms in total. The molecule has 1 aromatic heterocycles. The van der Waals surface area contributed by atoms with Crippen LogP contribution < -0.4 is 52.4 Å². The number of anilines is 12. The molecule has 0 atom stereocenters. The van der Waals surface area contributed by atoms with E-state index in [-0.39, 0.29) is 60.4 Å². The molecule has 5 aliphatic rings. The molecule has 0 unspecified atom stereocenters. The van der Waals surface area contributed by atoms with Crippen molar-refractivity contribution < 1.29 is 0 Å². The fourth-order valence-electron chi connectivity index (χ4n) is 13.7. The van der Waals surface area contributed by atoms with E-state index in [1.54, 1.807) is 0 Å². The number of rotatable bonds is 2. The molecule has 79 heavy (non-hydrogen) atoms. The van der Waals surface area contributed by atoms with Crippen molar-refractivity contribution in [3.63, 3.8) is 0 Å². The number of benzene rings is 7. The van der Waals surface area contributed by atoms with E-state index < -0.39 is 0 Å². The first-order valence-electron chi connectivity index (χ1n) is 29.2. The molecule has 0 radical (unpaired) electrons. The molecule has 0 N–H and O–H groups in total. The molecule has 0 saturated carbocycles. The molecule has 0 amide bonds. The average Bonchev–Trinajstić information content (AvgIpc) is 2.82. The zero-order valence-corrected chi connectivity index (χ0v) is 52.6. The van der Waals surface area contributed by atoms with E-state index in [1.165, 1.54) is 143 Å². The van der Waals surface area contributed by atoms with Crippen LogP contribution in [0.4, 0.5) is 68.2 Å². The summed E-state index contributed by atoms with van der Waals surface area (Å²) >= 11 is 0.162. The molecule has 400 valence electrons. The van der Waals surface area contributed by atoms with Gasteiger partial charge in [0.15, 0.2) is 0 Å². The van der Waals surface area contributed by atoms with Crippen LogP contribution in [0, 0.1) is 13.8 Å². The summed E-state index contributed by atoms with van der Waals surface area (Å²) in [4.78, 5) is 10.9. The van der Waals surface area contributed by atoms with E-state index >= 15 is 0 Å². The van der Waals surface area contributed by atoms with E-state index in [0.717, 1.165) is 0 Å². The molecule has 7 heteroatoms. The zero-order valence-electron chi connectivity index (χ0n) is 50.9. The summed E-state index contributed by atoms with van der Waals surface area (Å²) in [5, 5.41) is 0. The molecule has 0 bridgehead atoms. The molecular formula is C72H80B2N4Se. The number of nitrogens with zero attached hydrogens (tertiary/aromatic N) is 4. The Morgan fingerprint density at radius 1 is 0.291 bits per heavy atom. The van der Waals surface area contributed by atoms with Gasteiger partial charge in [0, 0.05) is 0 Å². The van der Waals surface area contributed by atoms with Gasteiger partial charge in [-0.2, -0.15) is 0 Å². The number of hydrogen-bond acceptors (Lipinski definition) is 4. The standard InChI is InChI=1S/C72H80B2N4Se/c1-41-63-64(42(2)79-41)78-60-40-48(72(18,19)20)38-58-62(60)74(52-26-22-24-28-56(52)76(58)50-35-45(69(9,10)11)32-46(36-50)70(12,13)14)54-30-29-53-65(66(54)78)77(63)59-39-47(71(15,16)17)37-57-61(59)73(53)51-25-21-23-27-55(51)75(57)49-33-43(67(3,4)5)31-44(34-49)68(6,7)8/h21-40H,1-20H3. The number of para-hydroxylation sites is 2.